The molecule has 0 saturated heterocycles. The van der Waals surface area contributed by atoms with Crippen molar-refractivity contribution in [1.82, 2.24) is 20.1 Å². The van der Waals surface area contributed by atoms with Gasteiger partial charge in [-0.15, -0.1) is 16.8 Å². The Bertz CT molecular complexity index is 1200. The summed E-state index contributed by atoms with van der Waals surface area (Å²) in [5, 5.41) is 15.3. The summed E-state index contributed by atoms with van der Waals surface area (Å²) in [6.07, 6.45) is 1.71. The number of amides is 2. The number of methoxy groups -OCH3 is 1. The number of thioether (sulfide) groups is 1. The van der Waals surface area contributed by atoms with Crippen molar-refractivity contribution in [2.24, 2.45) is 0 Å². The summed E-state index contributed by atoms with van der Waals surface area (Å²) in [5.41, 5.74) is 1.98. The Hall–Kier alpha value is -3.30. The number of anilines is 1. The molecule has 1 heterocycles. The van der Waals surface area contributed by atoms with Crippen molar-refractivity contribution in [2.75, 3.05) is 18.2 Å². The molecule has 8 nitrogen and oxygen atoms in total. The highest BCUT2D eigenvalue weighted by atomic mass is 35.5. The molecule has 2 aromatic carbocycles. The van der Waals surface area contributed by atoms with Crippen molar-refractivity contribution in [1.29, 1.82) is 0 Å². The number of nitrogens with one attached hydrogen (secondary N) is 2. The molecule has 0 bridgehead atoms. The minimum atomic E-state index is -0.404. The second-order valence-electron chi connectivity index (χ2n) is 7.43. The van der Waals surface area contributed by atoms with Crippen LogP contribution in [0, 0.1) is 6.92 Å². The molecule has 0 spiro atoms. The number of carbonyl (C=O) groups is 2. The van der Waals surface area contributed by atoms with E-state index in [1.165, 1.54) is 18.9 Å². The van der Waals surface area contributed by atoms with E-state index in [1.807, 2.05) is 36.6 Å². The number of allylic oxidation sites excluding steroid dienone is 1. The van der Waals surface area contributed by atoms with Crippen LogP contribution in [0.4, 0.5) is 5.69 Å². The molecule has 0 aliphatic rings. The van der Waals surface area contributed by atoms with Gasteiger partial charge in [-0.2, -0.15) is 0 Å². The summed E-state index contributed by atoms with van der Waals surface area (Å²) >= 11 is 7.26. The lowest BCUT2D eigenvalue weighted by Gasteiger charge is -2.16. The van der Waals surface area contributed by atoms with E-state index in [0.29, 0.717) is 39.5 Å². The van der Waals surface area contributed by atoms with E-state index in [-0.39, 0.29) is 17.6 Å². The molecule has 10 heteroatoms. The third-order valence-corrected chi connectivity index (χ3v) is 6.15. The Kier molecular flexibility index (Phi) is 8.72. The summed E-state index contributed by atoms with van der Waals surface area (Å²) in [5.74, 6) is 0.734. The third kappa shape index (κ3) is 6.18. The van der Waals surface area contributed by atoms with Crippen LogP contribution in [0.3, 0.4) is 0 Å². The van der Waals surface area contributed by atoms with Gasteiger partial charge < -0.3 is 19.9 Å². The van der Waals surface area contributed by atoms with Crippen molar-refractivity contribution < 1.29 is 14.3 Å². The topological polar surface area (TPSA) is 98.1 Å². The standard InChI is InChI=1S/C24H26ClN5O3S/c1-5-12-30-22(16(3)26-23(32)18-9-7-6-8-15(18)2)28-29-24(30)34-14-21(31)27-19-13-17(25)10-11-20(19)33-4/h5-11,13,16H,1,12,14H2,2-4H3,(H,26,32)(H,27,31)/t16-/m0/s1. The maximum Gasteiger partial charge on any atom is 0.252 e. The van der Waals surface area contributed by atoms with Gasteiger partial charge in [0.25, 0.3) is 5.91 Å². The molecular weight excluding hydrogens is 474 g/mol. The third-order valence-electron chi connectivity index (χ3n) is 4.95. The van der Waals surface area contributed by atoms with Gasteiger partial charge >= 0.3 is 0 Å². The smallest absolute Gasteiger partial charge is 0.252 e. The molecule has 0 radical (unpaired) electrons. The van der Waals surface area contributed by atoms with Gasteiger partial charge in [-0.25, -0.2) is 0 Å². The fraction of sp³-hybridized carbons (Fsp3) is 0.250. The Morgan fingerprint density at radius 1 is 1.26 bits per heavy atom. The molecule has 34 heavy (non-hydrogen) atoms. The number of halogens is 1. The molecule has 1 aromatic heterocycles. The van der Waals surface area contributed by atoms with Gasteiger partial charge in [0.1, 0.15) is 5.75 Å². The van der Waals surface area contributed by atoms with Gasteiger partial charge in [-0.05, 0) is 43.7 Å². The predicted molar refractivity (Wildman–Crippen MR) is 135 cm³/mol. The van der Waals surface area contributed by atoms with Gasteiger partial charge in [0.05, 0.1) is 24.6 Å². The zero-order valence-electron chi connectivity index (χ0n) is 19.2. The van der Waals surface area contributed by atoms with Gasteiger partial charge in [0.2, 0.25) is 5.91 Å². The van der Waals surface area contributed by atoms with Crippen LogP contribution >= 0.6 is 23.4 Å². The average molecular weight is 500 g/mol. The summed E-state index contributed by atoms with van der Waals surface area (Å²) in [6.45, 7) is 7.95. The number of hydrogen-bond donors (Lipinski definition) is 2. The minimum Gasteiger partial charge on any atom is -0.495 e. The van der Waals surface area contributed by atoms with Crippen molar-refractivity contribution in [3.05, 3.63) is 77.1 Å². The molecular formula is C24H26ClN5O3S. The van der Waals surface area contributed by atoms with Crippen LogP contribution in [-0.4, -0.2) is 39.4 Å². The molecule has 0 unspecified atom stereocenters. The van der Waals surface area contributed by atoms with E-state index in [4.69, 9.17) is 16.3 Å². The molecule has 2 N–H and O–H groups in total. The molecule has 2 amide bonds. The fourth-order valence-corrected chi connectivity index (χ4v) is 4.22. The minimum absolute atomic E-state index is 0.0922. The molecule has 3 aromatic rings. The first-order chi connectivity index (χ1) is 16.3. The monoisotopic (exact) mass is 499 g/mol. The van der Waals surface area contributed by atoms with Gasteiger partial charge in [0, 0.05) is 17.1 Å². The molecule has 3 rings (SSSR count). The van der Waals surface area contributed by atoms with E-state index >= 15 is 0 Å². The zero-order chi connectivity index (χ0) is 24.7. The van der Waals surface area contributed by atoms with E-state index < -0.39 is 6.04 Å². The SMILES string of the molecule is C=CCn1c(SCC(=O)Nc2cc(Cl)ccc2OC)nnc1[C@H](C)NC(=O)c1ccccc1C. The first-order valence-corrected chi connectivity index (χ1v) is 11.9. The quantitative estimate of drug-likeness (QED) is 0.311. The van der Waals surface area contributed by atoms with Crippen LogP contribution < -0.4 is 15.4 Å². The van der Waals surface area contributed by atoms with E-state index in [9.17, 15) is 9.59 Å². The Labute approximate surface area is 207 Å². The fourth-order valence-electron chi connectivity index (χ4n) is 3.29. The first-order valence-electron chi connectivity index (χ1n) is 10.5. The average Bonchev–Trinajstić information content (AvgIpc) is 3.21. The van der Waals surface area contributed by atoms with Crippen LogP contribution in [0.1, 0.15) is 34.7 Å². The number of aryl methyl sites for hydroxylation is 1. The van der Waals surface area contributed by atoms with Crippen molar-refractivity contribution >= 4 is 40.9 Å². The van der Waals surface area contributed by atoms with Crippen LogP contribution in [-0.2, 0) is 11.3 Å². The number of nitrogens with zero attached hydrogens (tertiary/aromatic N) is 3. The number of benzene rings is 2. The van der Waals surface area contributed by atoms with Crippen LogP contribution in [0.5, 0.6) is 5.75 Å². The van der Waals surface area contributed by atoms with Crippen LogP contribution in [0.25, 0.3) is 0 Å². The summed E-state index contributed by atoms with van der Waals surface area (Å²) in [4.78, 5) is 25.3. The van der Waals surface area contributed by atoms with Crippen molar-refractivity contribution in [2.45, 2.75) is 31.6 Å². The van der Waals surface area contributed by atoms with E-state index in [0.717, 1.165) is 5.56 Å². The number of ether oxygens (including phenoxy) is 1. The Morgan fingerprint density at radius 3 is 2.74 bits per heavy atom. The lowest BCUT2D eigenvalue weighted by molar-refractivity contribution is -0.113. The molecule has 1 atom stereocenters. The van der Waals surface area contributed by atoms with E-state index in [1.54, 1.807) is 30.3 Å². The summed E-state index contributed by atoms with van der Waals surface area (Å²) in [6, 6.07) is 12.0. The van der Waals surface area contributed by atoms with E-state index in [2.05, 4.69) is 27.4 Å². The first kappa shape index (κ1) is 25.3. The van der Waals surface area contributed by atoms with Gasteiger partial charge in [-0.3, -0.25) is 9.59 Å². The largest absolute Gasteiger partial charge is 0.495 e. The zero-order valence-corrected chi connectivity index (χ0v) is 20.7. The predicted octanol–water partition coefficient (Wildman–Crippen LogP) is 4.66. The maximum absolute atomic E-state index is 12.7. The number of hydrogen-bond acceptors (Lipinski definition) is 6. The number of aromatic nitrogens is 3. The Balaban J connectivity index is 1.69. The molecule has 0 aliphatic carbocycles. The van der Waals surface area contributed by atoms with Crippen LogP contribution in [0.15, 0.2) is 60.3 Å². The highest BCUT2D eigenvalue weighted by Gasteiger charge is 2.21. The molecule has 178 valence electrons. The second kappa shape index (κ2) is 11.7. The molecule has 0 fully saturated rings. The Morgan fingerprint density at radius 2 is 2.03 bits per heavy atom. The normalized spacial score (nSPS) is 11.5. The summed E-state index contributed by atoms with van der Waals surface area (Å²) in [7, 11) is 1.52. The second-order valence-corrected chi connectivity index (χ2v) is 8.81. The maximum atomic E-state index is 12.7. The number of rotatable bonds is 10. The molecule has 0 aliphatic heterocycles. The lowest BCUT2D eigenvalue weighted by Crippen LogP contribution is -2.29. The van der Waals surface area contributed by atoms with Crippen molar-refractivity contribution in [3.63, 3.8) is 0 Å². The molecule has 0 saturated carbocycles. The van der Waals surface area contributed by atoms with Gasteiger partial charge in [-0.1, -0.05) is 47.6 Å². The highest BCUT2D eigenvalue weighted by Crippen LogP contribution is 2.28. The lowest BCUT2D eigenvalue weighted by atomic mass is 10.1. The highest BCUT2D eigenvalue weighted by molar-refractivity contribution is 7.99. The van der Waals surface area contributed by atoms with Crippen LogP contribution in [0.2, 0.25) is 5.02 Å². The van der Waals surface area contributed by atoms with Crippen molar-refractivity contribution in [3.8, 4) is 5.75 Å². The number of carbonyl (C=O) groups excluding carboxylic acids is 2. The van der Waals surface area contributed by atoms with Gasteiger partial charge in [0.15, 0.2) is 11.0 Å². The summed E-state index contributed by atoms with van der Waals surface area (Å²) < 4.78 is 7.09.